The molecule has 0 saturated heterocycles. The molecule has 0 heterocycles. The second-order valence-corrected chi connectivity index (χ2v) is 6.40. The lowest BCUT2D eigenvalue weighted by molar-refractivity contribution is -0.237. The Morgan fingerprint density at radius 1 is 1.43 bits per heavy atom. The van der Waals surface area contributed by atoms with Gasteiger partial charge in [-0.15, -0.1) is 0 Å². The zero-order valence-electron chi connectivity index (χ0n) is 13.3. The highest BCUT2D eigenvalue weighted by molar-refractivity contribution is 5.95. The number of carbonyl (C=O) groups is 1. The number of rotatable bonds is 5. The first-order chi connectivity index (χ1) is 9.82. The molecule has 116 valence electrons. The topological polar surface area (TPSA) is 58.6 Å². The largest absolute Gasteiger partial charge is 0.387 e. The van der Waals surface area contributed by atoms with Gasteiger partial charge >= 0.3 is 0 Å². The zero-order valence-corrected chi connectivity index (χ0v) is 13.3. The highest BCUT2D eigenvalue weighted by Crippen LogP contribution is 2.50. The summed E-state index contributed by atoms with van der Waals surface area (Å²) in [6, 6.07) is 7.45. The Bertz CT molecular complexity index is 527. The van der Waals surface area contributed by atoms with Gasteiger partial charge in [0, 0.05) is 30.6 Å². The maximum Gasteiger partial charge on any atom is 0.251 e. The Labute approximate surface area is 126 Å². The number of aryl methyl sites for hydroxylation is 1. The summed E-state index contributed by atoms with van der Waals surface area (Å²) in [5.41, 5.74) is 0.314. The molecular formula is C17H25NO3. The number of nitrogens with one attached hydrogen (secondary N) is 1. The van der Waals surface area contributed by atoms with E-state index in [1.807, 2.05) is 45.9 Å². The molecule has 4 nitrogen and oxygen atoms in total. The van der Waals surface area contributed by atoms with Gasteiger partial charge in [0.1, 0.15) is 0 Å². The highest BCUT2D eigenvalue weighted by atomic mass is 16.5. The van der Waals surface area contributed by atoms with E-state index in [2.05, 4.69) is 5.32 Å². The van der Waals surface area contributed by atoms with Crippen LogP contribution in [0.5, 0.6) is 0 Å². The molecule has 0 aliphatic heterocycles. The number of hydrogen-bond acceptors (Lipinski definition) is 3. The minimum absolute atomic E-state index is 0.0443. The molecule has 1 aliphatic carbocycles. The summed E-state index contributed by atoms with van der Waals surface area (Å²) in [4.78, 5) is 12.2. The number of aliphatic hydroxyl groups is 1. The normalized spacial score (nSPS) is 27.0. The number of benzene rings is 1. The van der Waals surface area contributed by atoms with Crippen LogP contribution in [0.15, 0.2) is 24.3 Å². The molecule has 2 atom stereocenters. The van der Waals surface area contributed by atoms with Crippen molar-refractivity contribution in [3.05, 3.63) is 35.4 Å². The Hall–Kier alpha value is -1.39. The van der Waals surface area contributed by atoms with E-state index in [1.54, 1.807) is 6.07 Å². The van der Waals surface area contributed by atoms with Crippen molar-refractivity contribution in [2.75, 3.05) is 13.2 Å². The van der Waals surface area contributed by atoms with Crippen molar-refractivity contribution in [3.8, 4) is 0 Å². The summed E-state index contributed by atoms with van der Waals surface area (Å²) in [6.07, 6.45) is 0.602. The van der Waals surface area contributed by atoms with Gasteiger partial charge < -0.3 is 15.2 Å². The van der Waals surface area contributed by atoms with Crippen LogP contribution in [-0.4, -0.2) is 35.9 Å². The van der Waals surface area contributed by atoms with Crippen LogP contribution in [0.4, 0.5) is 0 Å². The van der Waals surface area contributed by atoms with Gasteiger partial charge in [-0.1, -0.05) is 32.0 Å². The summed E-state index contributed by atoms with van der Waals surface area (Å²) < 4.78 is 5.63. The quantitative estimate of drug-likeness (QED) is 0.875. The number of carbonyl (C=O) groups excluding carboxylic acids is 1. The molecule has 1 aliphatic rings. The second kappa shape index (κ2) is 5.78. The molecule has 2 rings (SSSR count). The van der Waals surface area contributed by atoms with Crippen molar-refractivity contribution in [2.45, 2.75) is 45.8 Å². The van der Waals surface area contributed by atoms with E-state index in [9.17, 15) is 9.90 Å². The predicted molar refractivity (Wildman–Crippen MR) is 82.3 cm³/mol. The third kappa shape index (κ3) is 2.83. The number of hydrogen-bond donors (Lipinski definition) is 2. The lowest BCUT2D eigenvalue weighted by atomic mass is 9.56. The van der Waals surface area contributed by atoms with E-state index in [4.69, 9.17) is 4.74 Å². The van der Waals surface area contributed by atoms with Crippen molar-refractivity contribution < 1.29 is 14.6 Å². The lowest BCUT2D eigenvalue weighted by Crippen LogP contribution is -2.68. The summed E-state index contributed by atoms with van der Waals surface area (Å²) in [5.74, 6) is -0.141. The van der Waals surface area contributed by atoms with Gasteiger partial charge in [-0.05, 0) is 25.5 Å². The summed E-state index contributed by atoms with van der Waals surface area (Å²) in [7, 11) is 0. The first-order valence-electron chi connectivity index (χ1n) is 7.49. The van der Waals surface area contributed by atoms with Gasteiger partial charge in [-0.2, -0.15) is 0 Å². The van der Waals surface area contributed by atoms with Crippen molar-refractivity contribution in [2.24, 2.45) is 5.41 Å². The Morgan fingerprint density at radius 2 is 2.10 bits per heavy atom. The molecule has 1 saturated carbocycles. The highest BCUT2D eigenvalue weighted by Gasteiger charge is 2.59. The molecule has 0 unspecified atom stereocenters. The van der Waals surface area contributed by atoms with Crippen LogP contribution < -0.4 is 5.32 Å². The van der Waals surface area contributed by atoms with Crippen LogP contribution in [0.3, 0.4) is 0 Å². The summed E-state index contributed by atoms with van der Waals surface area (Å²) >= 11 is 0. The molecule has 1 aromatic carbocycles. The Balaban J connectivity index is 1.98. The van der Waals surface area contributed by atoms with E-state index in [-0.39, 0.29) is 24.0 Å². The third-order valence-electron chi connectivity index (χ3n) is 4.83. The van der Waals surface area contributed by atoms with Crippen LogP contribution in [0.25, 0.3) is 0 Å². The molecular weight excluding hydrogens is 266 g/mol. The Morgan fingerprint density at radius 3 is 2.67 bits per heavy atom. The average Bonchev–Trinajstić information content (AvgIpc) is 2.45. The number of amides is 1. The van der Waals surface area contributed by atoms with Crippen molar-refractivity contribution in [3.63, 3.8) is 0 Å². The van der Waals surface area contributed by atoms with Crippen molar-refractivity contribution >= 4 is 5.91 Å². The maximum atomic E-state index is 12.2. The molecule has 4 heteroatoms. The molecule has 1 aromatic rings. The van der Waals surface area contributed by atoms with Gasteiger partial charge in [0.25, 0.3) is 5.91 Å². The van der Waals surface area contributed by atoms with E-state index in [0.29, 0.717) is 18.6 Å². The number of ether oxygens (including phenoxy) is 1. The summed E-state index contributed by atoms with van der Waals surface area (Å²) in [6.45, 7) is 8.71. The van der Waals surface area contributed by atoms with Gasteiger partial charge in [-0.3, -0.25) is 4.79 Å². The van der Waals surface area contributed by atoms with Crippen LogP contribution in [0.2, 0.25) is 0 Å². The Kier molecular flexibility index (Phi) is 4.40. The summed E-state index contributed by atoms with van der Waals surface area (Å²) in [5, 5.41) is 13.6. The fourth-order valence-corrected chi connectivity index (χ4v) is 2.91. The van der Waals surface area contributed by atoms with E-state index in [1.165, 1.54) is 0 Å². The van der Waals surface area contributed by atoms with Crippen LogP contribution >= 0.6 is 0 Å². The van der Waals surface area contributed by atoms with E-state index in [0.717, 1.165) is 5.56 Å². The minimum Gasteiger partial charge on any atom is -0.387 e. The van der Waals surface area contributed by atoms with Gasteiger partial charge in [0.05, 0.1) is 11.7 Å². The van der Waals surface area contributed by atoms with Crippen LogP contribution in [0, 0.1) is 12.3 Å². The maximum absolute atomic E-state index is 12.2. The first kappa shape index (κ1) is 16.0. The monoisotopic (exact) mass is 291 g/mol. The van der Waals surface area contributed by atoms with Gasteiger partial charge in [0.15, 0.2) is 0 Å². The average molecular weight is 291 g/mol. The SMILES string of the molecule is CCO[C@H]1C[C@](O)(CNC(=O)c2ccccc2C)C1(C)C. The van der Waals surface area contributed by atoms with Crippen LogP contribution in [-0.2, 0) is 4.74 Å². The third-order valence-corrected chi connectivity index (χ3v) is 4.83. The standard InChI is InChI=1S/C17H25NO3/c1-5-21-14-10-17(20,16(14,3)4)11-18-15(19)13-9-7-6-8-12(13)2/h6-9,14,20H,5,10-11H2,1-4H3,(H,18,19)/t14-,17-/m0/s1. The molecule has 0 aromatic heterocycles. The van der Waals surface area contributed by atoms with Gasteiger partial charge in [0.2, 0.25) is 0 Å². The smallest absolute Gasteiger partial charge is 0.251 e. The van der Waals surface area contributed by atoms with Crippen LogP contribution in [0.1, 0.15) is 43.1 Å². The fourth-order valence-electron chi connectivity index (χ4n) is 2.91. The molecule has 0 radical (unpaired) electrons. The lowest BCUT2D eigenvalue weighted by Gasteiger charge is -2.57. The molecule has 0 bridgehead atoms. The van der Waals surface area contributed by atoms with E-state index < -0.39 is 5.60 Å². The van der Waals surface area contributed by atoms with E-state index >= 15 is 0 Å². The second-order valence-electron chi connectivity index (χ2n) is 6.40. The molecule has 0 spiro atoms. The van der Waals surface area contributed by atoms with Crippen molar-refractivity contribution in [1.29, 1.82) is 0 Å². The van der Waals surface area contributed by atoms with Crippen molar-refractivity contribution in [1.82, 2.24) is 5.32 Å². The molecule has 1 fully saturated rings. The predicted octanol–water partition coefficient (Wildman–Crippen LogP) is 2.29. The molecule has 2 N–H and O–H groups in total. The fraction of sp³-hybridized carbons (Fsp3) is 0.588. The zero-order chi connectivity index (χ0) is 15.7. The molecule has 21 heavy (non-hydrogen) atoms. The molecule has 1 amide bonds. The van der Waals surface area contributed by atoms with Gasteiger partial charge in [-0.25, -0.2) is 0 Å². The minimum atomic E-state index is -0.912. The first-order valence-corrected chi connectivity index (χ1v) is 7.49.